The third-order valence-electron chi connectivity index (χ3n) is 1.83. The SMILES string of the molecule is C=C/C=C(BC(/C=C\C)=C/C=C)\C=C/C. The average molecular weight is 198 g/mol. The van der Waals surface area contributed by atoms with Crippen LogP contribution in [0, 0.1) is 0 Å². The Hall–Kier alpha value is -1.50. The molecule has 0 unspecified atom stereocenters. The minimum atomic E-state index is 0.909. The summed E-state index contributed by atoms with van der Waals surface area (Å²) < 4.78 is 0. The van der Waals surface area contributed by atoms with E-state index >= 15 is 0 Å². The Labute approximate surface area is 94.3 Å². The standard InChI is InChI=1S/C14H19B/c1-5-9-13(10-6-2)15-14(11-7-3)12-8-4/h5-12,15H,1,3H2,2,4H3/b10-6-,12-8-,13-9+,14-11+. The fraction of sp³-hybridized carbons (Fsp3) is 0.143. The van der Waals surface area contributed by atoms with Gasteiger partial charge in [-0.25, -0.2) is 0 Å². The first-order valence-electron chi connectivity index (χ1n) is 5.17. The maximum Gasteiger partial charge on any atom is 0.192 e. The maximum atomic E-state index is 3.71. The summed E-state index contributed by atoms with van der Waals surface area (Å²) in [7, 11) is 0.909. The largest absolute Gasteiger partial charge is 0.192 e. The van der Waals surface area contributed by atoms with Gasteiger partial charge in [0.1, 0.15) is 0 Å². The van der Waals surface area contributed by atoms with Crippen molar-refractivity contribution in [1.82, 2.24) is 0 Å². The minimum absolute atomic E-state index is 0.909. The van der Waals surface area contributed by atoms with Gasteiger partial charge < -0.3 is 0 Å². The minimum Gasteiger partial charge on any atom is -0.0991 e. The molecule has 0 aliphatic rings. The highest BCUT2D eigenvalue weighted by molar-refractivity contribution is 6.55. The van der Waals surface area contributed by atoms with Crippen LogP contribution in [0.15, 0.2) is 72.7 Å². The monoisotopic (exact) mass is 198 g/mol. The molecule has 0 saturated carbocycles. The van der Waals surface area contributed by atoms with E-state index in [-0.39, 0.29) is 0 Å². The molecular formula is C14H19B. The molecule has 78 valence electrons. The number of hydrogen-bond acceptors (Lipinski definition) is 0. The van der Waals surface area contributed by atoms with E-state index in [0.29, 0.717) is 0 Å². The van der Waals surface area contributed by atoms with Crippen LogP contribution in [0.3, 0.4) is 0 Å². The predicted octanol–water partition coefficient (Wildman–Crippen LogP) is 3.71. The number of allylic oxidation sites excluding steroid dienone is 10. The molecule has 0 fully saturated rings. The van der Waals surface area contributed by atoms with E-state index in [4.69, 9.17) is 0 Å². The van der Waals surface area contributed by atoms with Crippen molar-refractivity contribution in [2.75, 3.05) is 0 Å². The average Bonchev–Trinajstić information content (AvgIpc) is 2.19. The van der Waals surface area contributed by atoms with Crippen LogP contribution < -0.4 is 0 Å². The molecule has 0 amide bonds. The van der Waals surface area contributed by atoms with Crippen LogP contribution in [-0.4, -0.2) is 7.28 Å². The van der Waals surface area contributed by atoms with Crippen LogP contribution in [-0.2, 0) is 0 Å². The van der Waals surface area contributed by atoms with Gasteiger partial charge >= 0.3 is 0 Å². The van der Waals surface area contributed by atoms with Crippen molar-refractivity contribution in [3.8, 4) is 0 Å². The highest BCUT2D eigenvalue weighted by Gasteiger charge is 1.97. The topological polar surface area (TPSA) is 0 Å². The lowest BCUT2D eigenvalue weighted by Crippen LogP contribution is -1.97. The molecule has 0 rings (SSSR count). The van der Waals surface area contributed by atoms with Gasteiger partial charge in [-0.15, -0.1) is 0 Å². The van der Waals surface area contributed by atoms with Crippen LogP contribution in [0.4, 0.5) is 0 Å². The first kappa shape index (κ1) is 13.5. The van der Waals surface area contributed by atoms with E-state index in [1.165, 1.54) is 10.9 Å². The normalized spacial score (nSPS) is 13.5. The zero-order valence-electron chi connectivity index (χ0n) is 9.74. The van der Waals surface area contributed by atoms with Crippen molar-refractivity contribution >= 4 is 7.28 Å². The van der Waals surface area contributed by atoms with E-state index in [0.717, 1.165) is 7.28 Å². The van der Waals surface area contributed by atoms with Gasteiger partial charge in [-0.1, -0.05) is 72.7 Å². The van der Waals surface area contributed by atoms with Gasteiger partial charge in [-0.05, 0) is 13.8 Å². The first-order chi connectivity index (χ1) is 7.28. The third-order valence-corrected chi connectivity index (χ3v) is 1.83. The Morgan fingerprint density at radius 2 is 1.27 bits per heavy atom. The van der Waals surface area contributed by atoms with Crippen molar-refractivity contribution in [2.24, 2.45) is 0 Å². The summed E-state index contributed by atoms with van der Waals surface area (Å²) in [6.07, 6.45) is 16.0. The van der Waals surface area contributed by atoms with Gasteiger partial charge in [-0.3, -0.25) is 0 Å². The maximum absolute atomic E-state index is 3.71. The van der Waals surface area contributed by atoms with Crippen LogP contribution in [0.1, 0.15) is 13.8 Å². The zero-order chi connectivity index (χ0) is 11.5. The summed E-state index contributed by atoms with van der Waals surface area (Å²) in [6, 6.07) is 0. The summed E-state index contributed by atoms with van der Waals surface area (Å²) >= 11 is 0. The van der Waals surface area contributed by atoms with Crippen LogP contribution in [0.2, 0.25) is 0 Å². The molecule has 15 heavy (non-hydrogen) atoms. The third kappa shape index (κ3) is 6.56. The van der Waals surface area contributed by atoms with Gasteiger partial charge in [0.25, 0.3) is 0 Å². The lowest BCUT2D eigenvalue weighted by atomic mass is 9.62. The molecule has 0 aromatic heterocycles. The highest BCUT2D eigenvalue weighted by atomic mass is 13.8. The summed E-state index contributed by atoms with van der Waals surface area (Å²) in [6.45, 7) is 11.5. The second-order valence-electron chi connectivity index (χ2n) is 3.13. The fourth-order valence-electron chi connectivity index (χ4n) is 1.31. The Kier molecular flexibility index (Phi) is 8.17. The van der Waals surface area contributed by atoms with Gasteiger partial charge in [0, 0.05) is 0 Å². The van der Waals surface area contributed by atoms with Crippen molar-refractivity contribution in [2.45, 2.75) is 13.8 Å². The summed E-state index contributed by atoms with van der Waals surface area (Å²) in [5.74, 6) is 0. The molecule has 0 aliphatic heterocycles. The zero-order valence-corrected chi connectivity index (χ0v) is 9.74. The Morgan fingerprint density at radius 1 is 0.867 bits per heavy atom. The molecule has 0 nitrogen and oxygen atoms in total. The van der Waals surface area contributed by atoms with Crippen molar-refractivity contribution < 1.29 is 0 Å². The Bertz CT molecular complexity index is 282. The molecule has 0 aromatic rings. The van der Waals surface area contributed by atoms with E-state index < -0.39 is 0 Å². The second-order valence-corrected chi connectivity index (χ2v) is 3.13. The van der Waals surface area contributed by atoms with E-state index in [1.807, 2.05) is 50.3 Å². The van der Waals surface area contributed by atoms with Gasteiger partial charge in [0.15, 0.2) is 7.28 Å². The van der Waals surface area contributed by atoms with E-state index in [2.05, 4.69) is 25.3 Å². The smallest absolute Gasteiger partial charge is 0.0991 e. The van der Waals surface area contributed by atoms with Gasteiger partial charge in [-0.2, -0.15) is 0 Å². The molecule has 0 radical (unpaired) electrons. The van der Waals surface area contributed by atoms with E-state index in [9.17, 15) is 0 Å². The van der Waals surface area contributed by atoms with Crippen LogP contribution in [0.5, 0.6) is 0 Å². The molecule has 0 bridgehead atoms. The Morgan fingerprint density at radius 3 is 1.53 bits per heavy atom. The van der Waals surface area contributed by atoms with Crippen LogP contribution in [0.25, 0.3) is 0 Å². The predicted molar refractivity (Wildman–Crippen MR) is 73.3 cm³/mol. The van der Waals surface area contributed by atoms with Gasteiger partial charge in [0.2, 0.25) is 0 Å². The van der Waals surface area contributed by atoms with Crippen molar-refractivity contribution in [3.05, 3.63) is 72.7 Å². The lowest BCUT2D eigenvalue weighted by molar-refractivity contribution is 1.67. The molecular weight excluding hydrogens is 179 g/mol. The molecule has 0 heterocycles. The first-order valence-corrected chi connectivity index (χ1v) is 5.17. The number of rotatable bonds is 6. The summed E-state index contributed by atoms with van der Waals surface area (Å²) in [5.41, 5.74) is 2.50. The second kappa shape index (κ2) is 9.08. The molecule has 0 spiro atoms. The molecule has 0 atom stereocenters. The van der Waals surface area contributed by atoms with Crippen molar-refractivity contribution in [1.29, 1.82) is 0 Å². The molecule has 0 N–H and O–H groups in total. The quantitative estimate of drug-likeness (QED) is 0.450. The summed E-state index contributed by atoms with van der Waals surface area (Å²) in [4.78, 5) is 0. The van der Waals surface area contributed by atoms with Crippen LogP contribution >= 0.6 is 0 Å². The van der Waals surface area contributed by atoms with Gasteiger partial charge in [0.05, 0.1) is 0 Å². The van der Waals surface area contributed by atoms with Crippen molar-refractivity contribution in [3.63, 3.8) is 0 Å². The van der Waals surface area contributed by atoms with E-state index in [1.54, 1.807) is 0 Å². The summed E-state index contributed by atoms with van der Waals surface area (Å²) in [5, 5.41) is 0. The highest BCUT2D eigenvalue weighted by Crippen LogP contribution is 2.05. The lowest BCUT2D eigenvalue weighted by Gasteiger charge is -2.00. The molecule has 0 aliphatic carbocycles. The number of hydrogen-bond donors (Lipinski definition) is 0. The molecule has 1 heteroatoms. The molecule has 0 saturated heterocycles. The fourth-order valence-corrected chi connectivity index (χ4v) is 1.31. The molecule has 0 aromatic carbocycles. The Balaban J connectivity index is 4.76.